The van der Waals surface area contributed by atoms with E-state index in [9.17, 15) is 0 Å². The molecule has 0 amide bonds. The van der Waals surface area contributed by atoms with Crippen molar-refractivity contribution in [3.05, 3.63) is 39.7 Å². The maximum atomic E-state index is 5.68. The van der Waals surface area contributed by atoms with Gasteiger partial charge in [-0.05, 0) is 83.9 Å². The number of aromatic amines is 1. The normalized spacial score (nSPS) is 11.3. The van der Waals surface area contributed by atoms with E-state index in [0.717, 1.165) is 41.5 Å². The van der Waals surface area contributed by atoms with Crippen molar-refractivity contribution in [3.8, 4) is 16.3 Å². The van der Waals surface area contributed by atoms with Crippen LogP contribution in [0.2, 0.25) is 0 Å². The maximum Gasteiger partial charge on any atom is 0.120 e. The van der Waals surface area contributed by atoms with Gasteiger partial charge in [-0.25, -0.2) is 0 Å². The summed E-state index contributed by atoms with van der Waals surface area (Å²) in [5.74, 6) is 0.927. The summed E-state index contributed by atoms with van der Waals surface area (Å²) in [5.41, 5.74) is 9.40. The highest BCUT2D eigenvalue weighted by atomic mass is 79.9. The monoisotopic (exact) mass is 392 g/mol. The molecule has 2 aromatic heterocycles. The van der Waals surface area contributed by atoms with Crippen LogP contribution in [0.4, 0.5) is 0 Å². The molecule has 0 bridgehead atoms. The number of hydrogen-bond donors (Lipinski definition) is 2. The largest absolute Gasteiger partial charge is 0.494 e. The van der Waals surface area contributed by atoms with Crippen molar-refractivity contribution >= 4 is 38.2 Å². The zero-order valence-corrected chi connectivity index (χ0v) is 15.6. The third-order valence-electron chi connectivity index (χ3n) is 3.91. The smallest absolute Gasteiger partial charge is 0.120 e. The molecule has 0 unspecified atom stereocenters. The van der Waals surface area contributed by atoms with Crippen LogP contribution in [0.25, 0.3) is 21.5 Å². The van der Waals surface area contributed by atoms with Gasteiger partial charge in [-0.1, -0.05) is 0 Å². The summed E-state index contributed by atoms with van der Waals surface area (Å²) in [5, 5.41) is 3.36. The Morgan fingerprint density at radius 2 is 2.13 bits per heavy atom. The number of nitrogens with one attached hydrogen (secondary N) is 1. The highest BCUT2D eigenvalue weighted by Gasteiger charge is 2.16. The molecule has 3 nitrogen and oxygen atoms in total. The second kappa shape index (κ2) is 7.51. The highest BCUT2D eigenvalue weighted by molar-refractivity contribution is 9.10. The second-order valence-electron chi connectivity index (χ2n) is 5.46. The summed E-state index contributed by atoms with van der Waals surface area (Å²) in [6.07, 6.45) is 3.16. The predicted molar refractivity (Wildman–Crippen MR) is 102 cm³/mol. The molecule has 2 heterocycles. The van der Waals surface area contributed by atoms with Crippen LogP contribution in [-0.4, -0.2) is 18.1 Å². The number of benzene rings is 1. The summed E-state index contributed by atoms with van der Waals surface area (Å²) < 4.78 is 6.82. The number of ether oxygens (including phenoxy) is 1. The van der Waals surface area contributed by atoms with Crippen molar-refractivity contribution in [1.82, 2.24) is 4.98 Å². The summed E-state index contributed by atoms with van der Waals surface area (Å²) in [7, 11) is 0. The van der Waals surface area contributed by atoms with Crippen LogP contribution in [0.15, 0.2) is 34.1 Å². The summed E-state index contributed by atoms with van der Waals surface area (Å²) in [6.45, 7) is 3.43. The zero-order chi connectivity index (χ0) is 16.2. The molecule has 0 atom stereocenters. The van der Waals surface area contributed by atoms with E-state index in [-0.39, 0.29) is 0 Å². The number of halogens is 1. The molecule has 0 aliphatic carbocycles. The minimum absolute atomic E-state index is 0.682. The molecule has 122 valence electrons. The first-order chi connectivity index (χ1) is 11.2. The van der Waals surface area contributed by atoms with Gasteiger partial charge in [0.05, 0.1) is 17.2 Å². The topological polar surface area (TPSA) is 51.0 Å². The molecule has 0 fully saturated rings. The molecule has 3 N–H and O–H groups in total. The first-order valence-corrected chi connectivity index (χ1v) is 9.62. The number of H-pyrrole nitrogens is 1. The molecule has 0 saturated carbocycles. The lowest BCUT2D eigenvalue weighted by atomic mass is 10.0. The van der Waals surface area contributed by atoms with Crippen LogP contribution >= 0.6 is 27.3 Å². The van der Waals surface area contributed by atoms with Gasteiger partial charge in [0.15, 0.2) is 0 Å². The fourth-order valence-electron chi connectivity index (χ4n) is 2.85. The van der Waals surface area contributed by atoms with Crippen molar-refractivity contribution in [2.75, 3.05) is 13.2 Å². The van der Waals surface area contributed by atoms with Crippen molar-refractivity contribution in [2.45, 2.75) is 26.2 Å². The van der Waals surface area contributed by atoms with Crippen LogP contribution in [0.5, 0.6) is 5.75 Å². The lowest BCUT2D eigenvalue weighted by Crippen LogP contribution is -1.99. The highest BCUT2D eigenvalue weighted by Crippen LogP contribution is 2.39. The third kappa shape index (κ3) is 3.47. The molecule has 5 heteroatoms. The van der Waals surface area contributed by atoms with Crippen LogP contribution in [-0.2, 0) is 6.42 Å². The molecule has 0 aliphatic rings. The van der Waals surface area contributed by atoms with Gasteiger partial charge in [0.25, 0.3) is 0 Å². The van der Waals surface area contributed by atoms with Gasteiger partial charge in [0.1, 0.15) is 5.75 Å². The van der Waals surface area contributed by atoms with Crippen molar-refractivity contribution in [1.29, 1.82) is 0 Å². The van der Waals surface area contributed by atoms with Gasteiger partial charge in [-0.3, -0.25) is 0 Å². The van der Waals surface area contributed by atoms with E-state index in [0.29, 0.717) is 6.61 Å². The van der Waals surface area contributed by atoms with Crippen molar-refractivity contribution < 1.29 is 4.74 Å². The third-order valence-corrected chi connectivity index (χ3v) is 5.77. The Labute approximate surface area is 149 Å². The molecule has 0 saturated heterocycles. The number of rotatable bonds is 7. The number of aryl methyl sites for hydroxylation is 1. The molecule has 23 heavy (non-hydrogen) atoms. The number of unbranched alkanes of at least 4 members (excludes halogenated alkanes) is 1. The lowest BCUT2D eigenvalue weighted by Gasteiger charge is -2.06. The van der Waals surface area contributed by atoms with E-state index in [1.807, 2.05) is 13.0 Å². The maximum absolute atomic E-state index is 5.68. The van der Waals surface area contributed by atoms with E-state index in [1.54, 1.807) is 11.3 Å². The van der Waals surface area contributed by atoms with E-state index in [4.69, 9.17) is 10.5 Å². The molecule has 0 spiro atoms. The quantitative estimate of drug-likeness (QED) is 0.533. The molecular formula is C18H21BrN2OS. The Kier molecular flexibility index (Phi) is 5.41. The van der Waals surface area contributed by atoms with Gasteiger partial charge in [0.2, 0.25) is 0 Å². The Morgan fingerprint density at radius 1 is 1.26 bits per heavy atom. The Balaban J connectivity index is 2.10. The standard InChI is InChI=1S/C18H21BrN2OS/c1-2-22-12-6-7-16-14(11-12)13(5-3-4-9-20)17(21-16)18-15(19)8-10-23-18/h6-8,10-11,21H,2-5,9,20H2,1H3. The van der Waals surface area contributed by atoms with Gasteiger partial charge in [-0.15, -0.1) is 11.3 Å². The Bertz CT molecular complexity index is 794. The van der Waals surface area contributed by atoms with Gasteiger partial charge >= 0.3 is 0 Å². The number of aromatic nitrogens is 1. The summed E-state index contributed by atoms with van der Waals surface area (Å²) >= 11 is 5.41. The molecule has 3 rings (SSSR count). The van der Waals surface area contributed by atoms with E-state index < -0.39 is 0 Å². The number of hydrogen-bond acceptors (Lipinski definition) is 3. The number of fused-ring (bicyclic) bond motifs is 1. The second-order valence-corrected chi connectivity index (χ2v) is 7.23. The Hall–Kier alpha value is -1.30. The average Bonchev–Trinajstić information content (AvgIpc) is 3.11. The molecule has 3 aromatic rings. The van der Waals surface area contributed by atoms with Gasteiger partial charge in [-0.2, -0.15) is 0 Å². The molecule has 1 aromatic carbocycles. The van der Waals surface area contributed by atoms with E-state index >= 15 is 0 Å². The zero-order valence-electron chi connectivity index (χ0n) is 13.2. The van der Waals surface area contributed by atoms with Crippen LogP contribution in [0.1, 0.15) is 25.3 Å². The minimum Gasteiger partial charge on any atom is -0.494 e. The summed E-state index contributed by atoms with van der Waals surface area (Å²) in [4.78, 5) is 4.85. The molecule has 0 radical (unpaired) electrons. The van der Waals surface area contributed by atoms with Gasteiger partial charge < -0.3 is 15.5 Å². The lowest BCUT2D eigenvalue weighted by molar-refractivity contribution is 0.340. The SMILES string of the molecule is CCOc1ccc2[nH]c(-c3sccc3Br)c(CCCCN)c2c1. The minimum atomic E-state index is 0.682. The Morgan fingerprint density at radius 3 is 2.83 bits per heavy atom. The molecule has 0 aliphatic heterocycles. The van der Waals surface area contributed by atoms with Gasteiger partial charge in [0, 0.05) is 15.4 Å². The first kappa shape index (κ1) is 16.6. The van der Waals surface area contributed by atoms with Crippen molar-refractivity contribution in [3.63, 3.8) is 0 Å². The number of thiophene rings is 1. The van der Waals surface area contributed by atoms with Crippen LogP contribution < -0.4 is 10.5 Å². The fraction of sp³-hybridized carbons (Fsp3) is 0.333. The average molecular weight is 393 g/mol. The van der Waals surface area contributed by atoms with E-state index in [2.05, 4.69) is 44.5 Å². The summed E-state index contributed by atoms with van der Waals surface area (Å²) in [6, 6.07) is 8.38. The van der Waals surface area contributed by atoms with Crippen LogP contribution in [0.3, 0.4) is 0 Å². The number of nitrogens with two attached hydrogens (primary N) is 1. The predicted octanol–water partition coefficient (Wildman–Crippen LogP) is 5.34. The van der Waals surface area contributed by atoms with E-state index in [1.165, 1.54) is 21.5 Å². The molecular weight excluding hydrogens is 372 g/mol. The van der Waals surface area contributed by atoms with Crippen LogP contribution in [0, 0.1) is 0 Å². The first-order valence-electron chi connectivity index (χ1n) is 7.95. The fourth-order valence-corrected chi connectivity index (χ4v) is 4.45. The van der Waals surface area contributed by atoms with Crippen molar-refractivity contribution in [2.24, 2.45) is 5.73 Å².